The van der Waals surface area contributed by atoms with Crippen LogP contribution in [0.15, 0.2) is 36.7 Å². The molecule has 0 saturated carbocycles. The summed E-state index contributed by atoms with van der Waals surface area (Å²) >= 11 is 0. The SMILES string of the molecule is [O-][n+]1cccc2c1CCC2.c1cnc2c(c1)CCC2. The minimum Gasteiger partial charge on any atom is -0.618 e. The number of aryl methyl sites for hydroxylation is 3. The van der Waals surface area contributed by atoms with Gasteiger partial charge < -0.3 is 5.21 Å². The molecule has 0 spiro atoms. The van der Waals surface area contributed by atoms with Gasteiger partial charge in [-0.1, -0.05) is 6.07 Å². The van der Waals surface area contributed by atoms with Crippen molar-refractivity contribution in [3.05, 3.63) is 64.4 Å². The fourth-order valence-electron chi connectivity index (χ4n) is 2.88. The van der Waals surface area contributed by atoms with Gasteiger partial charge in [-0.05, 0) is 49.8 Å². The second-order valence-corrected chi connectivity index (χ2v) is 5.12. The average Bonchev–Trinajstić information content (AvgIpc) is 3.08. The highest BCUT2D eigenvalue weighted by Crippen LogP contribution is 2.18. The first-order chi connectivity index (χ1) is 9.34. The highest BCUT2D eigenvalue weighted by atomic mass is 16.5. The van der Waals surface area contributed by atoms with Gasteiger partial charge in [0.2, 0.25) is 0 Å². The van der Waals surface area contributed by atoms with Crippen molar-refractivity contribution in [1.82, 2.24) is 4.98 Å². The molecule has 2 aliphatic rings. The van der Waals surface area contributed by atoms with Crippen LogP contribution in [0.1, 0.15) is 35.4 Å². The maximum absolute atomic E-state index is 11.0. The van der Waals surface area contributed by atoms with Gasteiger partial charge >= 0.3 is 0 Å². The molecule has 0 bridgehead atoms. The zero-order valence-electron chi connectivity index (χ0n) is 11.0. The zero-order chi connectivity index (χ0) is 13.1. The standard InChI is InChI=1S/C8H9NO.C8H9N/c10-9-6-2-4-7-3-1-5-8(7)9;1-3-7-4-2-6-9-8(7)5-1/h2,4,6H,1,3,5H2;2,4,6H,1,3,5H2. The second kappa shape index (κ2) is 5.39. The summed E-state index contributed by atoms with van der Waals surface area (Å²) < 4.78 is 0.988. The fourth-order valence-corrected chi connectivity index (χ4v) is 2.88. The Bertz CT molecular complexity index is 558. The van der Waals surface area contributed by atoms with E-state index < -0.39 is 0 Å². The molecule has 0 unspecified atom stereocenters. The van der Waals surface area contributed by atoms with E-state index in [9.17, 15) is 5.21 Å². The predicted octanol–water partition coefficient (Wildman–Crippen LogP) is 2.38. The summed E-state index contributed by atoms with van der Waals surface area (Å²) in [5.41, 5.74) is 4.98. The van der Waals surface area contributed by atoms with E-state index in [1.165, 1.54) is 36.1 Å². The smallest absolute Gasteiger partial charge is 0.195 e. The third-order valence-corrected chi connectivity index (χ3v) is 3.86. The Morgan fingerprint density at radius 1 is 0.947 bits per heavy atom. The minimum absolute atomic E-state index is 0.958. The Labute approximate surface area is 113 Å². The molecule has 3 nitrogen and oxygen atoms in total. The van der Waals surface area contributed by atoms with Gasteiger partial charge in [0.1, 0.15) is 0 Å². The van der Waals surface area contributed by atoms with Crippen LogP contribution in [0.3, 0.4) is 0 Å². The van der Waals surface area contributed by atoms with Crippen LogP contribution in [0.4, 0.5) is 0 Å². The van der Waals surface area contributed by atoms with Crippen LogP contribution in [0.25, 0.3) is 0 Å². The Morgan fingerprint density at radius 3 is 2.58 bits per heavy atom. The van der Waals surface area contributed by atoms with E-state index in [2.05, 4.69) is 11.1 Å². The molecule has 0 N–H and O–H groups in total. The van der Waals surface area contributed by atoms with Crippen LogP contribution >= 0.6 is 0 Å². The summed E-state index contributed by atoms with van der Waals surface area (Å²) in [6.45, 7) is 0. The molecule has 0 saturated heterocycles. The predicted molar refractivity (Wildman–Crippen MR) is 73.7 cm³/mol. The lowest BCUT2D eigenvalue weighted by molar-refractivity contribution is -0.613. The van der Waals surface area contributed by atoms with Crippen LogP contribution < -0.4 is 4.73 Å². The Morgan fingerprint density at radius 2 is 1.74 bits per heavy atom. The fraction of sp³-hybridized carbons (Fsp3) is 0.375. The van der Waals surface area contributed by atoms with Gasteiger partial charge in [0.05, 0.1) is 0 Å². The number of pyridine rings is 2. The lowest BCUT2D eigenvalue weighted by Gasteiger charge is -1.99. The lowest BCUT2D eigenvalue weighted by Crippen LogP contribution is -2.30. The molecule has 4 rings (SSSR count). The van der Waals surface area contributed by atoms with Gasteiger partial charge in [-0.15, -0.1) is 0 Å². The van der Waals surface area contributed by atoms with E-state index in [4.69, 9.17) is 0 Å². The monoisotopic (exact) mass is 254 g/mol. The largest absolute Gasteiger partial charge is 0.618 e. The number of hydrogen-bond acceptors (Lipinski definition) is 2. The number of aromatic nitrogens is 2. The first kappa shape index (κ1) is 12.2. The molecule has 0 aliphatic heterocycles. The molecule has 0 radical (unpaired) electrons. The Hall–Kier alpha value is -1.90. The second-order valence-electron chi connectivity index (χ2n) is 5.12. The molecule has 0 amide bonds. The summed E-state index contributed by atoms with van der Waals surface area (Å²) in [6.07, 6.45) is 10.4. The Balaban J connectivity index is 0.000000117. The van der Waals surface area contributed by atoms with Crippen molar-refractivity contribution in [2.75, 3.05) is 0 Å². The van der Waals surface area contributed by atoms with Crippen LogP contribution in [-0.2, 0) is 25.7 Å². The van der Waals surface area contributed by atoms with E-state index in [1.54, 1.807) is 6.20 Å². The van der Waals surface area contributed by atoms with Crippen molar-refractivity contribution >= 4 is 0 Å². The van der Waals surface area contributed by atoms with Gasteiger partial charge in [0.15, 0.2) is 11.9 Å². The highest BCUT2D eigenvalue weighted by molar-refractivity contribution is 5.23. The molecule has 2 aromatic heterocycles. The molecule has 2 aliphatic carbocycles. The maximum Gasteiger partial charge on any atom is 0.195 e. The maximum atomic E-state index is 11.0. The first-order valence-corrected chi connectivity index (χ1v) is 6.97. The van der Waals surface area contributed by atoms with Crippen molar-refractivity contribution in [3.8, 4) is 0 Å². The first-order valence-electron chi connectivity index (χ1n) is 6.97. The highest BCUT2D eigenvalue weighted by Gasteiger charge is 2.17. The van der Waals surface area contributed by atoms with E-state index in [1.807, 2.05) is 24.4 Å². The van der Waals surface area contributed by atoms with Crippen LogP contribution in [-0.4, -0.2) is 4.98 Å². The minimum atomic E-state index is 0.958. The molecule has 3 heteroatoms. The number of rotatable bonds is 0. The number of hydrogen-bond donors (Lipinski definition) is 0. The van der Waals surface area contributed by atoms with Crippen LogP contribution in [0.5, 0.6) is 0 Å². The van der Waals surface area contributed by atoms with Crippen LogP contribution in [0, 0.1) is 5.21 Å². The normalized spacial score (nSPS) is 15.4. The zero-order valence-corrected chi connectivity index (χ0v) is 11.0. The molecule has 2 aromatic rings. The van der Waals surface area contributed by atoms with Gasteiger partial charge in [-0.2, -0.15) is 4.73 Å². The van der Waals surface area contributed by atoms with Crippen molar-refractivity contribution < 1.29 is 4.73 Å². The van der Waals surface area contributed by atoms with Crippen molar-refractivity contribution in [3.63, 3.8) is 0 Å². The molecular weight excluding hydrogens is 236 g/mol. The van der Waals surface area contributed by atoms with E-state index in [-0.39, 0.29) is 0 Å². The van der Waals surface area contributed by atoms with E-state index in [0.29, 0.717) is 0 Å². The topological polar surface area (TPSA) is 39.8 Å². The van der Waals surface area contributed by atoms with Gasteiger partial charge in [-0.25, -0.2) is 0 Å². The number of fused-ring (bicyclic) bond motifs is 2. The summed E-state index contributed by atoms with van der Waals surface area (Å²) in [7, 11) is 0. The summed E-state index contributed by atoms with van der Waals surface area (Å²) in [4.78, 5) is 4.26. The quantitative estimate of drug-likeness (QED) is 0.535. The van der Waals surface area contributed by atoms with Gasteiger partial charge in [-0.3, -0.25) is 4.98 Å². The van der Waals surface area contributed by atoms with Gasteiger partial charge in [0.25, 0.3) is 0 Å². The molecular formula is C16H18N2O. The van der Waals surface area contributed by atoms with Crippen molar-refractivity contribution in [1.29, 1.82) is 0 Å². The molecule has 98 valence electrons. The third-order valence-electron chi connectivity index (χ3n) is 3.86. The average molecular weight is 254 g/mol. The van der Waals surface area contributed by atoms with E-state index >= 15 is 0 Å². The van der Waals surface area contributed by atoms with Gasteiger partial charge in [0, 0.05) is 29.9 Å². The van der Waals surface area contributed by atoms with Crippen molar-refractivity contribution in [2.24, 2.45) is 0 Å². The summed E-state index contributed by atoms with van der Waals surface area (Å²) in [5.74, 6) is 0. The molecule has 2 heterocycles. The molecule has 0 fully saturated rings. The number of nitrogens with zero attached hydrogens (tertiary/aromatic N) is 2. The molecule has 19 heavy (non-hydrogen) atoms. The summed E-state index contributed by atoms with van der Waals surface area (Å²) in [6, 6.07) is 8.05. The lowest BCUT2D eigenvalue weighted by atomic mass is 10.2. The summed E-state index contributed by atoms with van der Waals surface area (Å²) in [5, 5.41) is 11.0. The van der Waals surface area contributed by atoms with Crippen LogP contribution in [0.2, 0.25) is 0 Å². The van der Waals surface area contributed by atoms with E-state index in [0.717, 1.165) is 29.7 Å². The molecule has 0 aromatic carbocycles. The third kappa shape index (κ3) is 2.60. The molecule has 0 atom stereocenters. The van der Waals surface area contributed by atoms with Crippen molar-refractivity contribution in [2.45, 2.75) is 38.5 Å². The Kier molecular flexibility index (Phi) is 3.45.